The molecular formula is C22H20ClN5O4S. The summed E-state index contributed by atoms with van der Waals surface area (Å²) in [5.41, 5.74) is 3.47. The topological polar surface area (TPSA) is 119 Å². The Morgan fingerprint density at radius 1 is 0.970 bits per heavy atom. The van der Waals surface area contributed by atoms with Crippen LogP contribution in [0.2, 0.25) is 5.02 Å². The molecule has 0 saturated heterocycles. The predicted octanol–water partition coefficient (Wildman–Crippen LogP) is 4.31. The molecule has 0 spiro atoms. The van der Waals surface area contributed by atoms with Gasteiger partial charge in [-0.25, -0.2) is 8.42 Å². The van der Waals surface area contributed by atoms with Gasteiger partial charge in [-0.2, -0.15) is 5.21 Å². The largest absolute Gasteiger partial charge is 0.495 e. The van der Waals surface area contributed by atoms with Gasteiger partial charge in [0, 0.05) is 5.56 Å². The number of benzene rings is 3. The van der Waals surface area contributed by atoms with Crippen LogP contribution in [0.15, 0.2) is 59.5 Å². The van der Waals surface area contributed by atoms with Crippen LogP contribution in [0, 0.1) is 6.92 Å². The second-order valence-electron chi connectivity index (χ2n) is 7.11. The summed E-state index contributed by atoms with van der Waals surface area (Å²) < 4.78 is 40.2. The number of nitrogens with one attached hydrogen (secondary N) is 2. The number of nitrogens with zero attached hydrogens (tertiary/aromatic N) is 3. The molecule has 0 saturated carbocycles. The van der Waals surface area contributed by atoms with Crippen LogP contribution >= 0.6 is 11.6 Å². The van der Waals surface area contributed by atoms with Gasteiger partial charge in [0.25, 0.3) is 10.0 Å². The number of anilines is 1. The van der Waals surface area contributed by atoms with Crippen LogP contribution in [0.1, 0.15) is 5.56 Å². The Morgan fingerprint density at radius 3 is 2.42 bits per heavy atom. The molecule has 4 aromatic rings. The van der Waals surface area contributed by atoms with Crippen LogP contribution in [0.4, 0.5) is 5.69 Å². The minimum absolute atomic E-state index is 0.00906. The van der Waals surface area contributed by atoms with Crippen molar-refractivity contribution in [2.75, 3.05) is 18.9 Å². The Labute approximate surface area is 195 Å². The Hall–Kier alpha value is -3.63. The Morgan fingerprint density at radius 2 is 1.76 bits per heavy atom. The SMILES string of the molecule is COc1ccc(-c2cccc(C)c2)cc1NS(=O)(=O)c1cc(-c2nn[nH]n2)cc(Cl)c1OC. The molecule has 0 radical (unpaired) electrons. The summed E-state index contributed by atoms with van der Waals surface area (Å²) in [4.78, 5) is -0.180. The molecule has 11 heteroatoms. The van der Waals surface area contributed by atoms with Crippen molar-refractivity contribution in [2.24, 2.45) is 0 Å². The van der Waals surface area contributed by atoms with Crippen molar-refractivity contribution >= 4 is 27.3 Å². The fraction of sp³-hybridized carbons (Fsp3) is 0.136. The van der Waals surface area contributed by atoms with E-state index in [-0.39, 0.29) is 27.2 Å². The molecule has 1 aromatic heterocycles. The van der Waals surface area contributed by atoms with Gasteiger partial charge in [0.1, 0.15) is 10.6 Å². The first-order valence-electron chi connectivity index (χ1n) is 9.71. The molecule has 33 heavy (non-hydrogen) atoms. The van der Waals surface area contributed by atoms with Crippen LogP contribution in [0.5, 0.6) is 11.5 Å². The van der Waals surface area contributed by atoms with Gasteiger partial charge in [0.15, 0.2) is 5.75 Å². The fourth-order valence-electron chi connectivity index (χ4n) is 3.37. The smallest absolute Gasteiger partial charge is 0.265 e. The van der Waals surface area contributed by atoms with E-state index in [1.165, 1.54) is 26.4 Å². The third-order valence-corrected chi connectivity index (χ3v) is 6.55. The van der Waals surface area contributed by atoms with E-state index in [1.807, 2.05) is 37.3 Å². The fourth-order valence-corrected chi connectivity index (χ4v) is 5.00. The molecule has 0 aliphatic heterocycles. The number of hydrogen-bond donors (Lipinski definition) is 2. The number of aromatic nitrogens is 4. The number of halogens is 1. The van der Waals surface area contributed by atoms with E-state index in [1.54, 1.807) is 12.1 Å². The maximum absolute atomic E-state index is 13.5. The zero-order chi connectivity index (χ0) is 23.6. The molecule has 0 bridgehead atoms. The highest BCUT2D eigenvalue weighted by atomic mass is 35.5. The molecule has 0 aliphatic carbocycles. The summed E-state index contributed by atoms with van der Waals surface area (Å²) in [6.07, 6.45) is 0. The minimum atomic E-state index is -4.16. The number of methoxy groups -OCH3 is 2. The average Bonchev–Trinajstić information content (AvgIpc) is 3.33. The van der Waals surface area contributed by atoms with Crippen molar-refractivity contribution in [1.29, 1.82) is 0 Å². The van der Waals surface area contributed by atoms with Gasteiger partial charge in [0.05, 0.1) is 24.9 Å². The first kappa shape index (κ1) is 22.6. The van der Waals surface area contributed by atoms with Gasteiger partial charge in [-0.05, 0) is 47.5 Å². The maximum Gasteiger partial charge on any atom is 0.265 e. The Balaban J connectivity index is 1.80. The Kier molecular flexibility index (Phi) is 6.21. The van der Waals surface area contributed by atoms with Gasteiger partial charge < -0.3 is 9.47 Å². The molecule has 2 N–H and O–H groups in total. The van der Waals surface area contributed by atoms with Crippen molar-refractivity contribution in [3.8, 4) is 34.0 Å². The summed E-state index contributed by atoms with van der Waals surface area (Å²) in [5.74, 6) is 0.537. The lowest BCUT2D eigenvalue weighted by Crippen LogP contribution is -2.15. The zero-order valence-electron chi connectivity index (χ0n) is 18.0. The minimum Gasteiger partial charge on any atom is -0.495 e. The normalized spacial score (nSPS) is 11.3. The summed E-state index contributed by atoms with van der Waals surface area (Å²) in [6, 6.07) is 16.0. The average molecular weight is 486 g/mol. The third kappa shape index (κ3) is 4.62. The van der Waals surface area contributed by atoms with Crippen LogP contribution in [-0.4, -0.2) is 43.3 Å². The van der Waals surface area contributed by atoms with Crippen molar-refractivity contribution in [3.63, 3.8) is 0 Å². The molecule has 0 unspecified atom stereocenters. The lowest BCUT2D eigenvalue weighted by atomic mass is 10.0. The number of H-pyrrole nitrogens is 1. The first-order chi connectivity index (χ1) is 15.8. The Bertz CT molecular complexity index is 1410. The highest BCUT2D eigenvalue weighted by Crippen LogP contribution is 2.38. The molecule has 4 rings (SSSR count). The zero-order valence-corrected chi connectivity index (χ0v) is 19.5. The first-order valence-corrected chi connectivity index (χ1v) is 11.6. The molecular weight excluding hydrogens is 466 g/mol. The van der Waals surface area contributed by atoms with Gasteiger partial charge in [-0.15, -0.1) is 10.2 Å². The molecule has 0 aliphatic rings. The molecule has 0 fully saturated rings. The summed E-state index contributed by atoms with van der Waals surface area (Å²) >= 11 is 6.31. The highest BCUT2D eigenvalue weighted by Gasteiger charge is 2.25. The number of hydrogen-bond acceptors (Lipinski definition) is 7. The van der Waals surface area contributed by atoms with Crippen molar-refractivity contribution in [2.45, 2.75) is 11.8 Å². The second kappa shape index (κ2) is 9.08. The van der Waals surface area contributed by atoms with Crippen molar-refractivity contribution < 1.29 is 17.9 Å². The lowest BCUT2D eigenvalue weighted by Gasteiger charge is -2.16. The van der Waals surface area contributed by atoms with E-state index < -0.39 is 10.0 Å². The summed E-state index contributed by atoms with van der Waals surface area (Å²) in [7, 11) is -1.35. The van der Waals surface area contributed by atoms with Crippen LogP contribution in [-0.2, 0) is 10.0 Å². The number of rotatable bonds is 7. The highest BCUT2D eigenvalue weighted by molar-refractivity contribution is 7.92. The standard InChI is InChI=1S/C22H20ClN5O4S/c1-13-5-4-6-14(9-13)15-7-8-19(31-2)18(11-15)26-33(29,30)20-12-16(22-24-27-28-25-22)10-17(23)21(20)32-3/h4-12,26H,1-3H3,(H,24,25,27,28). The van der Waals surface area contributed by atoms with E-state index in [9.17, 15) is 8.42 Å². The summed E-state index contributed by atoms with van der Waals surface area (Å²) in [6.45, 7) is 1.99. The van der Waals surface area contributed by atoms with E-state index in [0.29, 0.717) is 11.3 Å². The van der Waals surface area contributed by atoms with E-state index >= 15 is 0 Å². The number of tetrazole rings is 1. The van der Waals surface area contributed by atoms with E-state index in [4.69, 9.17) is 21.1 Å². The number of aryl methyl sites for hydroxylation is 1. The monoisotopic (exact) mass is 485 g/mol. The molecule has 0 atom stereocenters. The number of sulfonamides is 1. The van der Waals surface area contributed by atoms with Gasteiger partial charge in [-0.1, -0.05) is 47.5 Å². The number of ether oxygens (including phenoxy) is 2. The molecule has 3 aromatic carbocycles. The molecule has 9 nitrogen and oxygen atoms in total. The van der Waals surface area contributed by atoms with Gasteiger partial charge in [0.2, 0.25) is 5.82 Å². The van der Waals surface area contributed by atoms with Crippen molar-refractivity contribution in [1.82, 2.24) is 20.6 Å². The van der Waals surface area contributed by atoms with Crippen LogP contribution < -0.4 is 14.2 Å². The molecule has 1 heterocycles. The summed E-state index contributed by atoms with van der Waals surface area (Å²) in [5, 5.41) is 13.7. The molecule has 0 amide bonds. The van der Waals surface area contributed by atoms with Crippen LogP contribution in [0.25, 0.3) is 22.5 Å². The quantitative estimate of drug-likeness (QED) is 0.400. The number of aromatic amines is 1. The van der Waals surface area contributed by atoms with Gasteiger partial charge in [-0.3, -0.25) is 4.72 Å². The van der Waals surface area contributed by atoms with E-state index in [2.05, 4.69) is 25.3 Å². The van der Waals surface area contributed by atoms with Crippen molar-refractivity contribution in [3.05, 3.63) is 65.2 Å². The third-order valence-electron chi connectivity index (χ3n) is 4.90. The molecule has 170 valence electrons. The van der Waals surface area contributed by atoms with E-state index in [0.717, 1.165) is 16.7 Å². The lowest BCUT2D eigenvalue weighted by molar-refractivity contribution is 0.403. The maximum atomic E-state index is 13.5. The van der Waals surface area contributed by atoms with Crippen LogP contribution in [0.3, 0.4) is 0 Å². The van der Waals surface area contributed by atoms with Gasteiger partial charge >= 0.3 is 0 Å². The predicted molar refractivity (Wildman–Crippen MR) is 125 cm³/mol. The second-order valence-corrected chi connectivity index (χ2v) is 9.17.